The zero-order valence-electron chi connectivity index (χ0n) is 33.1. The van der Waals surface area contributed by atoms with Crippen LogP contribution in [0.2, 0.25) is 0 Å². The van der Waals surface area contributed by atoms with E-state index in [1.807, 2.05) is 42.5 Å². The summed E-state index contributed by atoms with van der Waals surface area (Å²) in [5, 5.41) is 25.4. The third-order valence-electron chi connectivity index (χ3n) is 10.5. The number of carbonyl (C=O) groups excluding carboxylic acids is 6. The number of nitrogens with one attached hydrogen (secondary N) is 6. The van der Waals surface area contributed by atoms with Crippen LogP contribution < -0.4 is 32.3 Å². The highest BCUT2D eigenvalue weighted by molar-refractivity contribution is 5.98. The number of nitrogens with zero attached hydrogens (tertiary/aromatic N) is 1. The first kappa shape index (κ1) is 43.1. The normalized spacial score (nSPS) is 23.5. The van der Waals surface area contributed by atoms with Gasteiger partial charge in [-0.15, -0.1) is 0 Å². The lowest BCUT2D eigenvalue weighted by molar-refractivity contribution is -0.143. The molecule has 15 nitrogen and oxygen atoms in total. The van der Waals surface area contributed by atoms with Gasteiger partial charge in [0.1, 0.15) is 36.3 Å². The molecule has 1 aromatic heterocycles. The van der Waals surface area contributed by atoms with Gasteiger partial charge in [-0.3, -0.25) is 28.8 Å². The van der Waals surface area contributed by atoms with Crippen LogP contribution in [0.1, 0.15) is 49.8 Å². The summed E-state index contributed by atoms with van der Waals surface area (Å²) in [7, 11) is 1.42. The molecule has 0 saturated carbocycles. The van der Waals surface area contributed by atoms with E-state index in [0.29, 0.717) is 24.9 Å². The quantitative estimate of drug-likeness (QED) is 0.102. The van der Waals surface area contributed by atoms with Gasteiger partial charge < -0.3 is 47.3 Å². The van der Waals surface area contributed by atoms with Gasteiger partial charge in [-0.25, -0.2) is 0 Å². The van der Waals surface area contributed by atoms with E-state index in [1.54, 1.807) is 48.7 Å². The highest BCUT2D eigenvalue weighted by Crippen LogP contribution is 2.20. The molecule has 3 aromatic carbocycles. The van der Waals surface area contributed by atoms with Crippen molar-refractivity contribution >= 4 is 46.3 Å². The molecule has 9 N–H and O–H groups in total. The van der Waals surface area contributed by atoms with Crippen molar-refractivity contribution in [3.63, 3.8) is 0 Å². The van der Waals surface area contributed by atoms with Crippen LogP contribution >= 0.6 is 0 Å². The maximum Gasteiger partial charge on any atom is 0.245 e. The SMILES string of the molecule is C[C@@H](O)[C@@H]1NC(=O)[C@H](CCCCN)NC(=O)[C@@H](Cc2c[nH]c3ccccc23)NC(=O)[C@H](Cc2ccccc2)NC(=O)[C@H](C)N(C)C(=O)[C@H](Cc2ccccc2)NC1=O. The summed E-state index contributed by atoms with van der Waals surface area (Å²) in [6, 6.07) is 18.0. The van der Waals surface area contributed by atoms with Gasteiger partial charge in [-0.1, -0.05) is 78.9 Å². The van der Waals surface area contributed by atoms with E-state index in [0.717, 1.165) is 22.0 Å². The van der Waals surface area contributed by atoms with E-state index in [-0.39, 0.29) is 25.7 Å². The highest BCUT2D eigenvalue weighted by Gasteiger charge is 2.37. The number of H-pyrrole nitrogens is 1. The Morgan fingerprint density at radius 2 is 1.16 bits per heavy atom. The maximum atomic E-state index is 14.4. The molecule has 308 valence electrons. The molecular weight excluding hydrogens is 741 g/mol. The van der Waals surface area contributed by atoms with Crippen LogP contribution in [-0.4, -0.2) is 106 Å². The summed E-state index contributed by atoms with van der Waals surface area (Å²) in [4.78, 5) is 89.2. The first-order chi connectivity index (χ1) is 27.9. The molecular formula is C43H54N8O7. The van der Waals surface area contributed by atoms with Crippen molar-refractivity contribution in [3.05, 3.63) is 108 Å². The molecule has 4 aromatic rings. The maximum absolute atomic E-state index is 14.4. The number of benzene rings is 3. The van der Waals surface area contributed by atoms with Gasteiger partial charge in [0.05, 0.1) is 6.10 Å². The van der Waals surface area contributed by atoms with Crippen LogP contribution in [0.4, 0.5) is 0 Å². The van der Waals surface area contributed by atoms with Crippen LogP contribution in [0, 0.1) is 0 Å². The molecule has 0 bridgehead atoms. The Morgan fingerprint density at radius 1 is 0.638 bits per heavy atom. The number of aliphatic hydroxyl groups excluding tert-OH is 1. The van der Waals surface area contributed by atoms with Gasteiger partial charge in [0.25, 0.3) is 0 Å². The third kappa shape index (κ3) is 11.3. The number of aliphatic hydroxyl groups is 1. The Bertz CT molecular complexity index is 2040. The second-order valence-corrected chi connectivity index (χ2v) is 14.8. The predicted molar refractivity (Wildman–Crippen MR) is 219 cm³/mol. The molecule has 5 rings (SSSR count). The first-order valence-corrected chi connectivity index (χ1v) is 19.7. The second kappa shape index (κ2) is 20.4. The molecule has 1 saturated heterocycles. The number of para-hydroxylation sites is 1. The van der Waals surface area contributed by atoms with E-state index >= 15 is 0 Å². The molecule has 1 fully saturated rings. The number of amides is 6. The second-order valence-electron chi connectivity index (χ2n) is 14.8. The van der Waals surface area contributed by atoms with E-state index in [2.05, 4.69) is 31.6 Å². The molecule has 15 heteroatoms. The zero-order chi connectivity index (χ0) is 41.8. The Kier molecular flexibility index (Phi) is 15.1. The Labute approximate surface area is 337 Å². The van der Waals surface area contributed by atoms with Crippen molar-refractivity contribution in [2.45, 2.75) is 94.7 Å². The van der Waals surface area contributed by atoms with Gasteiger partial charge in [-0.05, 0) is 62.4 Å². The van der Waals surface area contributed by atoms with Gasteiger partial charge in [0.15, 0.2) is 0 Å². The van der Waals surface area contributed by atoms with Crippen LogP contribution in [-0.2, 0) is 48.0 Å². The smallest absolute Gasteiger partial charge is 0.245 e. The van der Waals surface area contributed by atoms with Gasteiger partial charge in [-0.2, -0.15) is 0 Å². The van der Waals surface area contributed by atoms with Crippen molar-refractivity contribution in [1.29, 1.82) is 0 Å². The van der Waals surface area contributed by atoms with E-state index in [1.165, 1.54) is 25.8 Å². The van der Waals surface area contributed by atoms with E-state index in [9.17, 15) is 33.9 Å². The number of unbranched alkanes of at least 4 members (excludes halogenated alkanes) is 1. The third-order valence-corrected chi connectivity index (χ3v) is 10.5. The van der Waals surface area contributed by atoms with E-state index < -0.39 is 77.8 Å². The van der Waals surface area contributed by atoms with Crippen LogP contribution in [0.25, 0.3) is 10.9 Å². The summed E-state index contributed by atoms with van der Waals surface area (Å²) in [5.41, 5.74) is 8.73. The van der Waals surface area contributed by atoms with Crippen molar-refractivity contribution < 1.29 is 33.9 Å². The lowest BCUT2D eigenvalue weighted by Gasteiger charge is -2.32. The fourth-order valence-electron chi connectivity index (χ4n) is 6.97. The van der Waals surface area contributed by atoms with Crippen LogP contribution in [0.3, 0.4) is 0 Å². The minimum absolute atomic E-state index is 0.0138. The summed E-state index contributed by atoms with van der Waals surface area (Å²) in [5.74, 6) is -4.21. The molecule has 6 amide bonds. The molecule has 2 heterocycles. The average molecular weight is 795 g/mol. The molecule has 1 aliphatic rings. The fraction of sp³-hybridized carbons (Fsp3) is 0.395. The first-order valence-electron chi connectivity index (χ1n) is 19.7. The van der Waals surface area contributed by atoms with Crippen LogP contribution in [0.5, 0.6) is 0 Å². The summed E-state index contributed by atoms with van der Waals surface area (Å²) >= 11 is 0. The number of fused-ring (bicyclic) bond motifs is 1. The van der Waals surface area contributed by atoms with Crippen molar-refractivity contribution in [1.82, 2.24) is 36.5 Å². The minimum atomic E-state index is -1.53. The average Bonchev–Trinajstić information content (AvgIpc) is 3.63. The predicted octanol–water partition coefficient (Wildman–Crippen LogP) is 0.990. The van der Waals surface area contributed by atoms with Gasteiger partial charge in [0, 0.05) is 43.4 Å². The number of nitrogens with two attached hydrogens (primary N) is 1. The largest absolute Gasteiger partial charge is 0.391 e. The number of hydrogen-bond donors (Lipinski definition) is 8. The standard InChI is InChI=1S/C43H54N8O7/c1-26-38(53)47-34(22-28-14-6-4-7-15-28)40(55)48-35(24-30-25-45-32-19-11-10-18-31(30)32)41(56)46-33(20-12-13-21-44)39(54)50-37(27(2)52)42(57)49-36(43(58)51(26)3)23-29-16-8-5-9-17-29/h4-11,14-19,25-27,33-37,45,52H,12-13,20-24,44H2,1-3H3,(H,46,56)(H,47,53)(H,48,55)(H,49,57)(H,50,54)/t26-,27+,33-,34-,35+,36-,37-/m0/s1. The Morgan fingerprint density at radius 3 is 1.78 bits per heavy atom. The molecule has 7 atom stereocenters. The monoisotopic (exact) mass is 794 g/mol. The van der Waals surface area contributed by atoms with Gasteiger partial charge >= 0.3 is 0 Å². The topological polar surface area (TPSA) is 228 Å². The number of carbonyl (C=O) groups is 6. The molecule has 0 unspecified atom stereocenters. The Hall–Kier alpha value is -6.06. The molecule has 58 heavy (non-hydrogen) atoms. The number of likely N-dealkylation sites (N-methyl/N-ethyl adjacent to an activating group) is 1. The zero-order valence-corrected chi connectivity index (χ0v) is 33.1. The van der Waals surface area contributed by atoms with Crippen LogP contribution in [0.15, 0.2) is 91.1 Å². The van der Waals surface area contributed by atoms with Gasteiger partial charge in [0.2, 0.25) is 35.4 Å². The minimum Gasteiger partial charge on any atom is -0.391 e. The number of rotatable bonds is 11. The number of aromatic nitrogens is 1. The summed E-state index contributed by atoms with van der Waals surface area (Å²) in [6.07, 6.45) is 1.52. The lowest BCUT2D eigenvalue weighted by atomic mass is 10.00. The molecule has 0 spiro atoms. The van der Waals surface area contributed by atoms with Crippen molar-refractivity contribution in [3.8, 4) is 0 Å². The van der Waals surface area contributed by atoms with Crippen molar-refractivity contribution in [2.75, 3.05) is 13.6 Å². The molecule has 1 aliphatic heterocycles. The van der Waals surface area contributed by atoms with E-state index in [4.69, 9.17) is 5.73 Å². The summed E-state index contributed by atoms with van der Waals surface area (Å²) in [6.45, 7) is 3.16. The fourth-order valence-corrected chi connectivity index (χ4v) is 6.97. The lowest BCUT2D eigenvalue weighted by Crippen LogP contribution is -2.63. The molecule has 0 aliphatic carbocycles. The van der Waals surface area contributed by atoms with Crippen molar-refractivity contribution in [2.24, 2.45) is 5.73 Å². The number of aromatic amines is 1. The molecule has 0 radical (unpaired) electrons. The highest BCUT2D eigenvalue weighted by atomic mass is 16.3. The number of hydrogen-bond acceptors (Lipinski definition) is 8. The summed E-state index contributed by atoms with van der Waals surface area (Å²) < 4.78 is 0. The Balaban J connectivity index is 1.56.